The van der Waals surface area contributed by atoms with Gasteiger partial charge in [0, 0.05) is 0 Å². The first-order valence-corrected chi connectivity index (χ1v) is 10.3. The summed E-state index contributed by atoms with van der Waals surface area (Å²) in [6.07, 6.45) is 2.86. The molecule has 1 aliphatic rings. The van der Waals surface area contributed by atoms with Crippen LogP contribution in [0.2, 0.25) is 0 Å². The van der Waals surface area contributed by atoms with Crippen molar-refractivity contribution in [2.45, 2.75) is 26.4 Å². The minimum absolute atomic E-state index is 0.0279. The number of furan rings is 2. The number of hydrogen-bond acceptors (Lipinski definition) is 7. The second-order valence-electron chi connectivity index (χ2n) is 7.06. The fourth-order valence-electron chi connectivity index (χ4n) is 3.74. The number of nitrogens with zero attached hydrogens (tertiary/aromatic N) is 1. The summed E-state index contributed by atoms with van der Waals surface area (Å²) in [5, 5.41) is 10.7. The highest BCUT2D eigenvalue weighted by Crippen LogP contribution is 2.42. The third-order valence-corrected chi connectivity index (χ3v) is 5.08. The van der Waals surface area contributed by atoms with Crippen molar-refractivity contribution in [2.75, 3.05) is 13.2 Å². The third kappa shape index (κ3) is 3.87. The van der Waals surface area contributed by atoms with E-state index in [0.717, 1.165) is 0 Å². The van der Waals surface area contributed by atoms with E-state index in [1.54, 1.807) is 36.4 Å². The van der Waals surface area contributed by atoms with E-state index in [4.69, 9.17) is 18.3 Å². The van der Waals surface area contributed by atoms with Crippen LogP contribution in [0.25, 0.3) is 0 Å². The van der Waals surface area contributed by atoms with Crippen molar-refractivity contribution in [1.29, 1.82) is 0 Å². The van der Waals surface area contributed by atoms with Gasteiger partial charge in [-0.1, -0.05) is 6.07 Å². The van der Waals surface area contributed by atoms with Gasteiger partial charge in [-0.05, 0) is 55.8 Å². The molecule has 166 valence electrons. The Balaban J connectivity index is 1.81. The summed E-state index contributed by atoms with van der Waals surface area (Å²) in [7, 11) is 0. The molecule has 0 fully saturated rings. The van der Waals surface area contributed by atoms with Crippen LogP contribution < -0.4 is 9.47 Å². The summed E-state index contributed by atoms with van der Waals surface area (Å²) in [5.74, 6) is -0.290. The minimum atomic E-state index is -0.875. The number of Topliss-reactive ketones (excluding diaryl/α,β-unsaturated/α-hetero) is 1. The Hall–Kier alpha value is -3.94. The van der Waals surface area contributed by atoms with Gasteiger partial charge in [0.2, 0.25) is 5.78 Å². The summed E-state index contributed by atoms with van der Waals surface area (Å²) in [4.78, 5) is 27.6. The predicted octanol–water partition coefficient (Wildman–Crippen LogP) is 4.45. The van der Waals surface area contributed by atoms with Gasteiger partial charge in [-0.3, -0.25) is 9.59 Å². The van der Waals surface area contributed by atoms with E-state index in [1.165, 1.54) is 23.5 Å². The number of benzene rings is 1. The van der Waals surface area contributed by atoms with E-state index >= 15 is 0 Å². The maximum Gasteiger partial charge on any atom is 0.290 e. The molecule has 1 atom stereocenters. The molecule has 0 spiro atoms. The van der Waals surface area contributed by atoms with Crippen molar-refractivity contribution >= 4 is 11.7 Å². The Bertz CT molecular complexity index is 1130. The number of carbonyl (C=O) groups is 2. The monoisotopic (exact) mass is 437 g/mol. The molecule has 8 heteroatoms. The molecule has 2 aromatic heterocycles. The fraction of sp³-hybridized carbons (Fsp3) is 0.250. The second kappa shape index (κ2) is 9.05. The second-order valence-corrected chi connectivity index (χ2v) is 7.06. The maximum atomic E-state index is 13.2. The van der Waals surface area contributed by atoms with E-state index in [-0.39, 0.29) is 17.9 Å². The van der Waals surface area contributed by atoms with Gasteiger partial charge in [-0.25, -0.2) is 0 Å². The Kier molecular flexibility index (Phi) is 6.02. The quantitative estimate of drug-likeness (QED) is 0.494. The molecule has 0 saturated carbocycles. The van der Waals surface area contributed by atoms with Crippen LogP contribution in [0.1, 0.15) is 41.8 Å². The largest absolute Gasteiger partial charge is 0.503 e. The number of ketones is 1. The smallest absolute Gasteiger partial charge is 0.290 e. The van der Waals surface area contributed by atoms with Gasteiger partial charge in [0.1, 0.15) is 5.76 Å². The lowest BCUT2D eigenvalue weighted by atomic mass is 9.94. The Morgan fingerprint density at radius 2 is 1.75 bits per heavy atom. The number of carbonyl (C=O) groups excluding carboxylic acids is 2. The number of aliphatic hydroxyl groups is 1. The van der Waals surface area contributed by atoms with Gasteiger partial charge in [0.25, 0.3) is 5.91 Å². The molecule has 1 aliphatic heterocycles. The zero-order valence-electron chi connectivity index (χ0n) is 17.7. The molecular weight excluding hydrogens is 414 g/mol. The lowest BCUT2D eigenvalue weighted by Gasteiger charge is -2.26. The molecule has 0 aliphatic carbocycles. The van der Waals surface area contributed by atoms with Gasteiger partial charge in [-0.2, -0.15) is 0 Å². The third-order valence-electron chi connectivity index (χ3n) is 5.08. The summed E-state index contributed by atoms with van der Waals surface area (Å²) < 4.78 is 22.0. The van der Waals surface area contributed by atoms with Crippen molar-refractivity contribution in [3.63, 3.8) is 0 Å². The van der Waals surface area contributed by atoms with Gasteiger partial charge < -0.3 is 28.3 Å². The molecule has 0 saturated heterocycles. The summed E-state index contributed by atoms with van der Waals surface area (Å²) in [5.41, 5.74) is 0.513. The molecule has 1 amide bonds. The average Bonchev–Trinajstić information content (AvgIpc) is 3.54. The summed E-state index contributed by atoms with van der Waals surface area (Å²) >= 11 is 0. The molecule has 1 unspecified atom stereocenters. The average molecular weight is 437 g/mol. The van der Waals surface area contributed by atoms with Crippen molar-refractivity contribution in [3.8, 4) is 11.5 Å². The highest BCUT2D eigenvalue weighted by molar-refractivity contribution is 6.15. The minimum Gasteiger partial charge on any atom is -0.503 e. The van der Waals surface area contributed by atoms with Crippen molar-refractivity contribution in [2.24, 2.45) is 0 Å². The van der Waals surface area contributed by atoms with E-state index < -0.39 is 23.5 Å². The Labute approximate surface area is 184 Å². The van der Waals surface area contributed by atoms with Crippen LogP contribution in [0.15, 0.2) is 75.2 Å². The molecule has 3 aromatic rings. The normalized spacial score (nSPS) is 16.0. The number of rotatable bonds is 9. The zero-order chi connectivity index (χ0) is 22.7. The van der Waals surface area contributed by atoms with Crippen molar-refractivity contribution in [1.82, 2.24) is 4.90 Å². The Morgan fingerprint density at radius 1 is 1.03 bits per heavy atom. The first kappa shape index (κ1) is 21.3. The van der Waals surface area contributed by atoms with Gasteiger partial charge in [0.05, 0.1) is 43.9 Å². The SMILES string of the molecule is CCOc1ccc(C2C(C(=O)c3ccco3)=C(O)C(=O)N2Cc2ccco2)cc1OCC. The van der Waals surface area contributed by atoms with E-state index in [1.807, 2.05) is 13.8 Å². The van der Waals surface area contributed by atoms with Crippen LogP contribution in [-0.2, 0) is 11.3 Å². The fourth-order valence-corrected chi connectivity index (χ4v) is 3.74. The molecule has 1 N–H and O–H groups in total. The van der Waals surface area contributed by atoms with Crippen LogP contribution in [-0.4, -0.2) is 34.9 Å². The van der Waals surface area contributed by atoms with Gasteiger partial charge >= 0.3 is 0 Å². The maximum absolute atomic E-state index is 13.2. The van der Waals surface area contributed by atoms with Crippen LogP contribution in [0, 0.1) is 0 Å². The van der Waals surface area contributed by atoms with Crippen molar-refractivity contribution in [3.05, 3.63) is 83.4 Å². The van der Waals surface area contributed by atoms with Crippen LogP contribution in [0.3, 0.4) is 0 Å². The van der Waals surface area contributed by atoms with E-state index in [0.29, 0.717) is 36.0 Å². The number of aliphatic hydroxyl groups excluding tert-OH is 1. The molecule has 32 heavy (non-hydrogen) atoms. The van der Waals surface area contributed by atoms with Gasteiger partial charge in [0.15, 0.2) is 23.0 Å². The number of amides is 1. The molecule has 3 heterocycles. The standard InChI is InChI=1S/C24H23NO7/c1-3-29-17-10-9-15(13-19(17)30-4-2)21-20(22(26)18-8-6-12-32-18)23(27)24(28)25(21)14-16-7-5-11-31-16/h5-13,21,27H,3-4,14H2,1-2H3. The predicted molar refractivity (Wildman–Crippen MR) is 113 cm³/mol. The molecule has 1 aromatic carbocycles. The highest BCUT2D eigenvalue weighted by Gasteiger charge is 2.45. The molecule has 4 rings (SSSR count). The van der Waals surface area contributed by atoms with E-state index in [2.05, 4.69) is 0 Å². The zero-order valence-corrected chi connectivity index (χ0v) is 17.7. The lowest BCUT2D eigenvalue weighted by molar-refractivity contribution is -0.130. The lowest BCUT2D eigenvalue weighted by Crippen LogP contribution is -2.30. The number of ether oxygens (including phenoxy) is 2. The topological polar surface area (TPSA) is 102 Å². The molecule has 0 bridgehead atoms. The first-order valence-electron chi connectivity index (χ1n) is 10.3. The van der Waals surface area contributed by atoms with Crippen LogP contribution in [0.5, 0.6) is 11.5 Å². The molecule has 8 nitrogen and oxygen atoms in total. The van der Waals surface area contributed by atoms with E-state index in [9.17, 15) is 14.7 Å². The van der Waals surface area contributed by atoms with Crippen molar-refractivity contribution < 1.29 is 33.0 Å². The highest BCUT2D eigenvalue weighted by atomic mass is 16.5. The van der Waals surface area contributed by atoms with Crippen LogP contribution in [0.4, 0.5) is 0 Å². The molecular formula is C24H23NO7. The van der Waals surface area contributed by atoms with Crippen LogP contribution >= 0.6 is 0 Å². The summed E-state index contributed by atoms with van der Waals surface area (Å²) in [6.45, 7) is 4.64. The Morgan fingerprint density at radius 3 is 2.41 bits per heavy atom. The molecule has 0 radical (unpaired) electrons. The number of hydrogen-bond donors (Lipinski definition) is 1. The summed E-state index contributed by atoms with van der Waals surface area (Å²) in [6, 6.07) is 10.8. The van der Waals surface area contributed by atoms with Gasteiger partial charge in [-0.15, -0.1) is 0 Å². The first-order chi connectivity index (χ1) is 15.5.